The first-order valence-electron chi connectivity index (χ1n) is 6.12. The summed E-state index contributed by atoms with van der Waals surface area (Å²) in [6, 6.07) is 7.93. The molecule has 0 saturated heterocycles. The van der Waals surface area contributed by atoms with Crippen LogP contribution in [0, 0.1) is 11.6 Å². The van der Waals surface area contributed by atoms with Crippen molar-refractivity contribution in [2.45, 2.75) is 17.9 Å². The highest BCUT2D eigenvalue weighted by atomic mass is 32.2. The Balaban J connectivity index is 2.26. The topological polar surface area (TPSA) is 72.2 Å². The molecule has 1 unspecified atom stereocenters. The van der Waals surface area contributed by atoms with Crippen molar-refractivity contribution in [1.82, 2.24) is 4.72 Å². The van der Waals surface area contributed by atoms with Crippen LogP contribution >= 0.6 is 0 Å². The zero-order chi connectivity index (χ0) is 15.6. The minimum absolute atomic E-state index is 0.172. The summed E-state index contributed by atoms with van der Waals surface area (Å²) in [6.45, 7) is 1.62. The van der Waals surface area contributed by atoms with Crippen LogP contribution in [-0.4, -0.2) is 8.42 Å². The van der Waals surface area contributed by atoms with Gasteiger partial charge in [-0.15, -0.1) is 0 Å². The predicted molar refractivity (Wildman–Crippen MR) is 75.9 cm³/mol. The Hall–Kier alpha value is -1.99. The van der Waals surface area contributed by atoms with Gasteiger partial charge in [0.15, 0.2) is 0 Å². The first-order chi connectivity index (χ1) is 9.79. The summed E-state index contributed by atoms with van der Waals surface area (Å²) >= 11 is 0. The third-order valence-corrected chi connectivity index (χ3v) is 4.58. The van der Waals surface area contributed by atoms with Gasteiger partial charge in [-0.1, -0.05) is 12.1 Å². The molecule has 0 aliphatic heterocycles. The number of sulfonamides is 1. The molecule has 0 aromatic heterocycles. The van der Waals surface area contributed by atoms with Gasteiger partial charge >= 0.3 is 0 Å². The van der Waals surface area contributed by atoms with Crippen LogP contribution in [-0.2, 0) is 10.0 Å². The van der Waals surface area contributed by atoms with E-state index in [9.17, 15) is 17.2 Å². The van der Waals surface area contributed by atoms with Gasteiger partial charge in [0, 0.05) is 6.04 Å². The number of rotatable bonds is 4. The molecular formula is C14H14F2N2O2S. The molecule has 0 bridgehead atoms. The third-order valence-electron chi connectivity index (χ3n) is 2.96. The van der Waals surface area contributed by atoms with Crippen molar-refractivity contribution in [3.8, 4) is 0 Å². The summed E-state index contributed by atoms with van der Waals surface area (Å²) in [5.74, 6) is -1.02. The fraction of sp³-hybridized carbons (Fsp3) is 0.143. The minimum Gasteiger partial charge on any atom is -0.398 e. The second-order valence-electron chi connectivity index (χ2n) is 4.58. The van der Waals surface area contributed by atoms with E-state index < -0.39 is 27.7 Å². The maximum Gasteiger partial charge on any atom is 0.243 e. The van der Waals surface area contributed by atoms with Crippen molar-refractivity contribution in [1.29, 1.82) is 0 Å². The summed E-state index contributed by atoms with van der Waals surface area (Å²) < 4.78 is 52.7. The SMILES string of the molecule is CC(NS(=O)(=O)c1ccc(F)cc1N)c1ccc(F)cc1. The first kappa shape index (κ1) is 15.4. The summed E-state index contributed by atoms with van der Waals surface area (Å²) in [7, 11) is -3.90. The quantitative estimate of drug-likeness (QED) is 0.852. The Morgan fingerprint density at radius 2 is 1.62 bits per heavy atom. The van der Waals surface area contributed by atoms with Gasteiger partial charge in [-0.05, 0) is 42.8 Å². The highest BCUT2D eigenvalue weighted by molar-refractivity contribution is 7.89. The van der Waals surface area contributed by atoms with Gasteiger partial charge in [0.2, 0.25) is 10.0 Å². The standard InChI is InChI=1S/C14H14F2N2O2S/c1-9(10-2-4-11(15)5-3-10)18-21(19,20)14-7-6-12(16)8-13(14)17/h2-9,18H,17H2,1H3. The van der Waals surface area contributed by atoms with Crippen LogP contribution in [0.15, 0.2) is 47.4 Å². The van der Waals surface area contributed by atoms with Crippen molar-refractivity contribution in [3.05, 3.63) is 59.7 Å². The zero-order valence-corrected chi connectivity index (χ0v) is 12.0. The van der Waals surface area contributed by atoms with Gasteiger partial charge in [0.1, 0.15) is 16.5 Å². The second kappa shape index (κ2) is 5.79. The van der Waals surface area contributed by atoms with Crippen molar-refractivity contribution in [2.24, 2.45) is 0 Å². The molecule has 112 valence electrons. The van der Waals surface area contributed by atoms with Crippen LogP contribution in [0.2, 0.25) is 0 Å². The molecule has 0 aliphatic carbocycles. The maximum absolute atomic E-state index is 13.0. The molecule has 2 aromatic carbocycles. The fourth-order valence-electron chi connectivity index (χ4n) is 1.88. The summed E-state index contributed by atoms with van der Waals surface area (Å²) in [4.78, 5) is -0.196. The smallest absolute Gasteiger partial charge is 0.243 e. The highest BCUT2D eigenvalue weighted by Crippen LogP contribution is 2.22. The van der Waals surface area contributed by atoms with E-state index in [1.165, 1.54) is 24.3 Å². The number of nitrogens with one attached hydrogen (secondary N) is 1. The van der Waals surface area contributed by atoms with E-state index >= 15 is 0 Å². The van der Waals surface area contributed by atoms with Crippen LogP contribution in [0.1, 0.15) is 18.5 Å². The minimum atomic E-state index is -3.90. The molecule has 0 heterocycles. The van der Waals surface area contributed by atoms with Gasteiger partial charge in [-0.25, -0.2) is 21.9 Å². The molecule has 2 rings (SSSR count). The van der Waals surface area contributed by atoms with E-state index in [1.54, 1.807) is 6.92 Å². The number of hydrogen-bond acceptors (Lipinski definition) is 3. The van der Waals surface area contributed by atoms with Gasteiger partial charge in [-0.3, -0.25) is 0 Å². The molecule has 0 fully saturated rings. The predicted octanol–water partition coefficient (Wildman–Crippen LogP) is 2.59. The van der Waals surface area contributed by atoms with E-state index in [1.807, 2.05) is 0 Å². The lowest BCUT2D eigenvalue weighted by atomic mass is 10.1. The Morgan fingerprint density at radius 1 is 1.05 bits per heavy atom. The van der Waals surface area contributed by atoms with Crippen molar-refractivity contribution < 1.29 is 17.2 Å². The first-order valence-corrected chi connectivity index (χ1v) is 7.61. The Kier molecular flexibility index (Phi) is 4.24. The summed E-state index contributed by atoms with van der Waals surface area (Å²) in [5.41, 5.74) is 5.96. The average molecular weight is 312 g/mol. The lowest BCUT2D eigenvalue weighted by Crippen LogP contribution is -2.27. The van der Waals surface area contributed by atoms with Crippen LogP contribution in [0.3, 0.4) is 0 Å². The number of anilines is 1. The van der Waals surface area contributed by atoms with Gasteiger partial charge in [0.05, 0.1) is 5.69 Å². The van der Waals surface area contributed by atoms with Crippen molar-refractivity contribution in [3.63, 3.8) is 0 Å². The molecule has 21 heavy (non-hydrogen) atoms. The number of nitrogens with two attached hydrogens (primary N) is 1. The number of benzene rings is 2. The van der Waals surface area contributed by atoms with Gasteiger partial charge < -0.3 is 5.73 Å². The monoisotopic (exact) mass is 312 g/mol. The molecule has 0 aliphatic rings. The molecule has 0 amide bonds. The second-order valence-corrected chi connectivity index (χ2v) is 6.26. The number of nitrogen functional groups attached to an aromatic ring is 1. The molecule has 1 atom stereocenters. The third kappa shape index (κ3) is 3.56. The van der Waals surface area contributed by atoms with Crippen LogP contribution in [0.25, 0.3) is 0 Å². The Bertz CT molecular complexity index is 746. The maximum atomic E-state index is 13.0. The zero-order valence-electron chi connectivity index (χ0n) is 11.2. The lowest BCUT2D eigenvalue weighted by Gasteiger charge is -2.15. The number of halogens is 2. The van der Waals surface area contributed by atoms with E-state index in [4.69, 9.17) is 5.73 Å². The highest BCUT2D eigenvalue weighted by Gasteiger charge is 2.21. The fourth-order valence-corrected chi connectivity index (χ4v) is 3.22. The van der Waals surface area contributed by atoms with Gasteiger partial charge in [0.25, 0.3) is 0 Å². The normalized spacial score (nSPS) is 13.1. The molecule has 2 aromatic rings. The van der Waals surface area contributed by atoms with E-state index in [0.29, 0.717) is 5.56 Å². The van der Waals surface area contributed by atoms with Crippen LogP contribution < -0.4 is 10.5 Å². The van der Waals surface area contributed by atoms with Crippen LogP contribution in [0.4, 0.5) is 14.5 Å². The largest absolute Gasteiger partial charge is 0.398 e. The van der Waals surface area contributed by atoms with Gasteiger partial charge in [-0.2, -0.15) is 0 Å². The molecule has 0 radical (unpaired) electrons. The molecule has 3 N–H and O–H groups in total. The molecule has 0 spiro atoms. The van der Waals surface area contributed by atoms with E-state index in [2.05, 4.69) is 4.72 Å². The van der Waals surface area contributed by atoms with Crippen molar-refractivity contribution >= 4 is 15.7 Å². The summed E-state index contributed by atoms with van der Waals surface area (Å²) in [6.07, 6.45) is 0. The Labute approximate surface area is 121 Å². The molecular weight excluding hydrogens is 298 g/mol. The van der Waals surface area contributed by atoms with Crippen LogP contribution in [0.5, 0.6) is 0 Å². The van der Waals surface area contributed by atoms with Crippen molar-refractivity contribution in [2.75, 3.05) is 5.73 Å². The summed E-state index contributed by atoms with van der Waals surface area (Å²) in [5, 5.41) is 0. The molecule has 4 nitrogen and oxygen atoms in total. The van der Waals surface area contributed by atoms with E-state index in [0.717, 1.165) is 18.2 Å². The average Bonchev–Trinajstić information content (AvgIpc) is 2.38. The molecule has 0 saturated carbocycles. The molecule has 7 heteroatoms. The van der Waals surface area contributed by atoms with E-state index in [-0.39, 0.29) is 10.6 Å². The Morgan fingerprint density at radius 3 is 2.19 bits per heavy atom. The lowest BCUT2D eigenvalue weighted by molar-refractivity contribution is 0.566. The number of hydrogen-bond donors (Lipinski definition) is 2.